The Bertz CT molecular complexity index is 1960. The number of esters is 4. The predicted molar refractivity (Wildman–Crippen MR) is 418 cm³/mol. The van der Waals surface area contributed by atoms with Crippen molar-refractivity contribution in [3.05, 3.63) is 0 Å². The maximum absolute atomic E-state index is 13.1. The van der Waals surface area contributed by atoms with Crippen molar-refractivity contribution < 1.29 is 80.2 Å². The van der Waals surface area contributed by atoms with Gasteiger partial charge in [-0.05, 0) is 37.5 Å². The molecule has 0 radical (unpaired) electrons. The lowest BCUT2D eigenvalue weighted by Gasteiger charge is -2.21. The topological polar surface area (TPSA) is 237 Å². The third-order valence-electron chi connectivity index (χ3n) is 19.5. The molecule has 0 aromatic heterocycles. The van der Waals surface area contributed by atoms with E-state index in [1.807, 2.05) is 0 Å². The number of hydrogen-bond acceptors (Lipinski definition) is 15. The first kappa shape index (κ1) is 100. The highest BCUT2D eigenvalue weighted by molar-refractivity contribution is 7.47. The van der Waals surface area contributed by atoms with Gasteiger partial charge in [0.05, 0.1) is 26.4 Å². The number of carbonyl (C=O) groups is 4. The van der Waals surface area contributed by atoms with Crippen LogP contribution in [0.3, 0.4) is 0 Å². The van der Waals surface area contributed by atoms with E-state index in [0.717, 1.165) is 102 Å². The summed E-state index contributed by atoms with van der Waals surface area (Å²) in [6, 6.07) is 0. The Morgan fingerprint density at radius 1 is 0.265 bits per heavy atom. The Balaban J connectivity index is 5.26. The van der Waals surface area contributed by atoms with Gasteiger partial charge in [-0.15, -0.1) is 0 Å². The van der Waals surface area contributed by atoms with Crippen LogP contribution in [0.2, 0.25) is 0 Å². The number of unbranched alkanes of at least 4 members (excludes halogenated alkanes) is 52. The minimum Gasteiger partial charge on any atom is -0.462 e. The summed E-state index contributed by atoms with van der Waals surface area (Å²) >= 11 is 0. The second-order valence-corrected chi connectivity index (χ2v) is 33.7. The SMILES string of the molecule is CCCCCCCCCCCCCCCCCC(=O)O[C@H](COC(=O)CCCCCCCCCCCCCC)COP(=O)(O)OC[C@H](O)COP(=O)(O)OC[C@@H](COC(=O)CCCCCCCCCCCCCCCC(C)C)OC(=O)CCCCCCCCCCCCCCCCCCC(C)C. The van der Waals surface area contributed by atoms with Crippen molar-refractivity contribution in [3.63, 3.8) is 0 Å². The molecule has 5 atom stereocenters. The largest absolute Gasteiger partial charge is 0.472 e. The second kappa shape index (κ2) is 74.5. The number of hydrogen-bond donors (Lipinski definition) is 3. The molecule has 2 unspecified atom stereocenters. The molecule has 0 aliphatic rings. The molecule has 0 aliphatic carbocycles. The molecule has 0 heterocycles. The van der Waals surface area contributed by atoms with Gasteiger partial charge in [-0.1, -0.05) is 388 Å². The quantitative estimate of drug-likeness (QED) is 0.0222. The van der Waals surface area contributed by atoms with Gasteiger partial charge in [0.25, 0.3) is 0 Å². The van der Waals surface area contributed by atoms with E-state index in [4.69, 9.17) is 37.0 Å². The fourth-order valence-corrected chi connectivity index (χ4v) is 14.5. The molecular formula is C83H162O17P2. The zero-order chi connectivity index (χ0) is 74.9. The molecule has 17 nitrogen and oxygen atoms in total. The molecule has 0 bridgehead atoms. The van der Waals surface area contributed by atoms with Gasteiger partial charge in [0, 0.05) is 25.7 Å². The molecule has 0 aromatic rings. The lowest BCUT2D eigenvalue weighted by Crippen LogP contribution is -2.30. The summed E-state index contributed by atoms with van der Waals surface area (Å²) in [5.74, 6) is -0.502. The first-order chi connectivity index (χ1) is 49.4. The maximum Gasteiger partial charge on any atom is 0.472 e. The summed E-state index contributed by atoms with van der Waals surface area (Å²) < 4.78 is 68.8. The Kier molecular flexibility index (Phi) is 73.1. The highest BCUT2D eigenvalue weighted by Crippen LogP contribution is 2.45. The van der Waals surface area contributed by atoms with Crippen LogP contribution in [0, 0.1) is 11.8 Å². The van der Waals surface area contributed by atoms with Crippen molar-refractivity contribution in [3.8, 4) is 0 Å². The number of ether oxygens (including phenoxy) is 4. The Morgan fingerprint density at radius 3 is 0.667 bits per heavy atom. The van der Waals surface area contributed by atoms with Gasteiger partial charge < -0.3 is 33.8 Å². The highest BCUT2D eigenvalue weighted by atomic mass is 31.2. The average molecular weight is 1490 g/mol. The summed E-state index contributed by atoms with van der Waals surface area (Å²) in [4.78, 5) is 73.1. The van der Waals surface area contributed by atoms with Crippen LogP contribution in [-0.2, 0) is 65.4 Å². The van der Waals surface area contributed by atoms with Crippen molar-refractivity contribution in [2.24, 2.45) is 11.8 Å². The molecular weight excluding hydrogens is 1330 g/mol. The molecule has 606 valence electrons. The summed E-state index contributed by atoms with van der Waals surface area (Å²) in [5, 5.41) is 10.7. The number of rotatable bonds is 82. The van der Waals surface area contributed by atoms with Gasteiger partial charge in [-0.3, -0.25) is 37.3 Å². The first-order valence-corrected chi connectivity index (χ1v) is 46.0. The fourth-order valence-electron chi connectivity index (χ4n) is 12.9. The number of phosphoric ester groups is 2. The van der Waals surface area contributed by atoms with E-state index in [2.05, 4.69) is 41.5 Å². The minimum absolute atomic E-state index is 0.108. The Hall–Kier alpha value is -1.94. The van der Waals surface area contributed by atoms with Crippen LogP contribution in [0.4, 0.5) is 0 Å². The van der Waals surface area contributed by atoms with E-state index >= 15 is 0 Å². The van der Waals surface area contributed by atoms with E-state index < -0.39 is 97.5 Å². The molecule has 0 fully saturated rings. The summed E-state index contributed by atoms with van der Waals surface area (Å²) in [6.45, 7) is 9.71. The lowest BCUT2D eigenvalue weighted by molar-refractivity contribution is -0.161. The van der Waals surface area contributed by atoms with Gasteiger partial charge in [0.2, 0.25) is 0 Å². The number of aliphatic hydroxyl groups excluding tert-OH is 1. The van der Waals surface area contributed by atoms with Crippen molar-refractivity contribution in [1.82, 2.24) is 0 Å². The zero-order valence-corrected chi connectivity index (χ0v) is 68.7. The van der Waals surface area contributed by atoms with E-state index in [0.29, 0.717) is 25.7 Å². The average Bonchev–Trinajstić information content (AvgIpc) is 0.917. The Morgan fingerprint density at radius 2 is 0.451 bits per heavy atom. The summed E-state index contributed by atoms with van der Waals surface area (Å²) in [5.41, 5.74) is 0. The van der Waals surface area contributed by atoms with Crippen molar-refractivity contribution in [2.75, 3.05) is 39.6 Å². The lowest BCUT2D eigenvalue weighted by atomic mass is 10.0. The number of aliphatic hydroxyl groups is 1. The molecule has 0 rings (SSSR count). The van der Waals surface area contributed by atoms with Crippen LogP contribution in [0.1, 0.15) is 440 Å². The number of phosphoric acid groups is 2. The summed E-state index contributed by atoms with van der Waals surface area (Å²) in [7, 11) is -9.92. The van der Waals surface area contributed by atoms with E-state index in [1.54, 1.807) is 0 Å². The molecule has 0 aromatic carbocycles. The maximum atomic E-state index is 13.1. The molecule has 0 amide bonds. The van der Waals surface area contributed by atoms with Crippen LogP contribution in [-0.4, -0.2) is 96.7 Å². The van der Waals surface area contributed by atoms with E-state index in [9.17, 15) is 43.2 Å². The van der Waals surface area contributed by atoms with Gasteiger partial charge in [0.1, 0.15) is 19.3 Å². The first-order valence-electron chi connectivity index (χ1n) is 43.0. The molecule has 0 spiro atoms. The molecule has 0 aliphatic heterocycles. The molecule has 3 N–H and O–H groups in total. The Labute approximate surface area is 626 Å². The van der Waals surface area contributed by atoms with Crippen LogP contribution < -0.4 is 0 Å². The van der Waals surface area contributed by atoms with Gasteiger partial charge >= 0.3 is 39.5 Å². The normalized spacial score (nSPS) is 13.9. The van der Waals surface area contributed by atoms with E-state index in [-0.39, 0.29) is 25.7 Å². The highest BCUT2D eigenvalue weighted by Gasteiger charge is 2.30. The van der Waals surface area contributed by atoms with Gasteiger partial charge in [-0.25, -0.2) is 9.13 Å². The van der Waals surface area contributed by atoms with E-state index in [1.165, 1.54) is 257 Å². The van der Waals surface area contributed by atoms with Crippen molar-refractivity contribution >= 4 is 39.5 Å². The number of carbonyl (C=O) groups excluding carboxylic acids is 4. The van der Waals surface area contributed by atoms with Gasteiger partial charge in [-0.2, -0.15) is 0 Å². The predicted octanol–water partition coefficient (Wildman–Crippen LogP) is 25.1. The molecule has 0 saturated carbocycles. The zero-order valence-electron chi connectivity index (χ0n) is 66.9. The van der Waals surface area contributed by atoms with Crippen molar-refractivity contribution in [2.45, 2.75) is 458 Å². The second-order valence-electron chi connectivity index (χ2n) is 30.8. The minimum atomic E-state index is -4.96. The molecule has 0 saturated heterocycles. The third kappa shape index (κ3) is 76.3. The smallest absolute Gasteiger partial charge is 0.462 e. The standard InChI is InChI=1S/C83H162O17P2/c1-7-9-11-13-15-17-19-21-24-30-37-43-49-55-61-67-82(87)99-78(71-93-80(85)65-59-53-47-41-35-20-18-16-14-12-10-8-2)73-97-101(89,90)95-69-77(84)70-96-102(91,92)98-74-79(72-94-81(86)66-60-54-48-42-36-32-27-29-34-40-46-52-58-64-76(5)6)100-83(88)68-62-56-50-44-38-31-26-23-22-25-28-33-39-45-51-57-63-75(3)4/h75-79,84H,7-74H2,1-6H3,(H,89,90)(H,91,92)/t77-,78+,79+/m0/s1. The third-order valence-corrected chi connectivity index (χ3v) is 21.4. The molecule has 102 heavy (non-hydrogen) atoms. The van der Waals surface area contributed by atoms with Gasteiger partial charge in [0.15, 0.2) is 12.2 Å². The summed E-state index contributed by atoms with van der Waals surface area (Å²) in [6.07, 6.45) is 65.0. The van der Waals surface area contributed by atoms with Crippen LogP contribution in [0.25, 0.3) is 0 Å². The fraction of sp³-hybridized carbons (Fsp3) is 0.952. The molecule has 19 heteroatoms. The van der Waals surface area contributed by atoms with Crippen LogP contribution in [0.15, 0.2) is 0 Å². The monoisotopic (exact) mass is 1490 g/mol. The van der Waals surface area contributed by atoms with Crippen LogP contribution in [0.5, 0.6) is 0 Å². The van der Waals surface area contributed by atoms with Crippen molar-refractivity contribution in [1.29, 1.82) is 0 Å². The van der Waals surface area contributed by atoms with Crippen LogP contribution >= 0.6 is 15.6 Å².